The van der Waals surface area contributed by atoms with Gasteiger partial charge in [0, 0.05) is 24.1 Å². The summed E-state index contributed by atoms with van der Waals surface area (Å²) in [6, 6.07) is 6.49. The molecular formula is C16H17NO3. The second-order valence-electron chi connectivity index (χ2n) is 5.61. The number of non-ortho nitro benzene ring substituents is 1. The Morgan fingerprint density at radius 1 is 1.15 bits per heavy atom. The van der Waals surface area contributed by atoms with Gasteiger partial charge >= 0.3 is 0 Å². The molecule has 1 fully saturated rings. The Balaban J connectivity index is 2.04. The van der Waals surface area contributed by atoms with Gasteiger partial charge in [0.25, 0.3) is 5.69 Å². The lowest BCUT2D eigenvalue weighted by molar-refractivity contribution is -0.384. The molecule has 1 saturated carbocycles. The monoisotopic (exact) mass is 271 g/mol. The zero-order valence-corrected chi connectivity index (χ0v) is 11.3. The van der Waals surface area contributed by atoms with Crippen molar-refractivity contribution in [3.8, 4) is 0 Å². The number of carbonyl (C=O) groups excluding carboxylic acids is 1. The molecule has 104 valence electrons. The minimum Gasteiger partial charge on any atom is -0.294 e. The number of ketones is 1. The van der Waals surface area contributed by atoms with E-state index in [0.717, 1.165) is 30.4 Å². The van der Waals surface area contributed by atoms with Gasteiger partial charge in [0.2, 0.25) is 0 Å². The smallest absolute Gasteiger partial charge is 0.270 e. The van der Waals surface area contributed by atoms with E-state index in [1.54, 1.807) is 6.07 Å². The summed E-state index contributed by atoms with van der Waals surface area (Å²) in [5.74, 6) is 0.656. The number of carbonyl (C=O) groups is 1. The summed E-state index contributed by atoms with van der Waals surface area (Å²) in [5.41, 5.74) is 2.79. The SMILES string of the molecule is O=C1CCC(C2CCCC2)=C1c1cccc([N+](=O)[O-])c1. The van der Waals surface area contributed by atoms with Gasteiger partial charge < -0.3 is 0 Å². The van der Waals surface area contributed by atoms with Crippen LogP contribution < -0.4 is 0 Å². The van der Waals surface area contributed by atoms with Crippen molar-refractivity contribution < 1.29 is 9.72 Å². The van der Waals surface area contributed by atoms with Crippen LogP contribution in [0.15, 0.2) is 29.8 Å². The van der Waals surface area contributed by atoms with Crippen molar-refractivity contribution in [2.24, 2.45) is 5.92 Å². The highest BCUT2D eigenvalue weighted by molar-refractivity contribution is 6.24. The third-order valence-electron chi connectivity index (χ3n) is 4.41. The van der Waals surface area contributed by atoms with Crippen LogP contribution in [0.1, 0.15) is 44.1 Å². The van der Waals surface area contributed by atoms with Gasteiger partial charge in [-0.15, -0.1) is 0 Å². The molecule has 4 heteroatoms. The van der Waals surface area contributed by atoms with E-state index in [2.05, 4.69) is 0 Å². The summed E-state index contributed by atoms with van der Waals surface area (Å²) in [6.45, 7) is 0. The maximum atomic E-state index is 12.2. The van der Waals surface area contributed by atoms with E-state index < -0.39 is 4.92 Å². The number of rotatable bonds is 3. The van der Waals surface area contributed by atoms with Crippen LogP contribution in [0.25, 0.3) is 5.57 Å². The molecule has 2 aliphatic rings. The fourth-order valence-electron chi connectivity index (χ4n) is 3.48. The second-order valence-corrected chi connectivity index (χ2v) is 5.61. The van der Waals surface area contributed by atoms with E-state index in [1.165, 1.54) is 30.5 Å². The van der Waals surface area contributed by atoms with Crippen LogP contribution in [0.5, 0.6) is 0 Å². The molecule has 0 radical (unpaired) electrons. The first-order valence-corrected chi connectivity index (χ1v) is 7.18. The largest absolute Gasteiger partial charge is 0.294 e. The van der Waals surface area contributed by atoms with E-state index in [-0.39, 0.29) is 11.5 Å². The molecule has 0 bridgehead atoms. The zero-order chi connectivity index (χ0) is 14.1. The van der Waals surface area contributed by atoms with Crippen LogP contribution in [0, 0.1) is 16.0 Å². The maximum Gasteiger partial charge on any atom is 0.270 e. The Kier molecular flexibility index (Phi) is 3.38. The zero-order valence-electron chi connectivity index (χ0n) is 11.3. The number of nitro groups is 1. The van der Waals surface area contributed by atoms with E-state index in [1.807, 2.05) is 6.07 Å². The standard InChI is InChI=1S/C16H17NO3/c18-15-9-8-14(11-4-1-2-5-11)16(15)12-6-3-7-13(10-12)17(19)20/h3,6-7,10-11H,1-2,4-5,8-9H2. The first-order valence-electron chi connectivity index (χ1n) is 7.18. The minimum atomic E-state index is -0.404. The third kappa shape index (κ3) is 2.26. The molecular weight excluding hydrogens is 254 g/mol. The topological polar surface area (TPSA) is 60.2 Å². The average molecular weight is 271 g/mol. The van der Waals surface area contributed by atoms with Crippen LogP contribution in [0.2, 0.25) is 0 Å². The minimum absolute atomic E-state index is 0.0560. The van der Waals surface area contributed by atoms with E-state index >= 15 is 0 Å². The molecule has 0 saturated heterocycles. The summed E-state index contributed by atoms with van der Waals surface area (Å²) in [7, 11) is 0. The normalized spacial score (nSPS) is 19.9. The highest BCUT2D eigenvalue weighted by atomic mass is 16.6. The second kappa shape index (κ2) is 5.19. The Hall–Kier alpha value is -1.97. The molecule has 20 heavy (non-hydrogen) atoms. The van der Waals surface area contributed by atoms with Crippen molar-refractivity contribution >= 4 is 17.0 Å². The molecule has 2 aliphatic carbocycles. The molecule has 0 heterocycles. The third-order valence-corrected chi connectivity index (χ3v) is 4.41. The molecule has 0 atom stereocenters. The lowest BCUT2D eigenvalue weighted by atomic mass is 9.91. The number of Topliss-reactive ketones (excluding diaryl/α,β-unsaturated/α-hetero) is 1. The van der Waals surface area contributed by atoms with E-state index in [9.17, 15) is 14.9 Å². The number of benzene rings is 1. The molecule has 0 aromatic heterocycles. The molecule has 3 rings (SSSR count). The van der Waals surface area contributed by atoms with Gasteiger partial charge in [0.15, 0.2) is 5.78 Å². The summed E-state index contributed by atoms with van der Waals surface area (Å²) in [6.07, 6.45) is 6.16. The van der Waals surface area contributed by atoms with Crippen molar-refractivity contribution in [3.05, 3.63) is 45.5 Å². The van der Waals surface area contributed by atoms with E-state index in [0.29, 0.717) is 12.3 Å². The quantitative estimate of drug-likeness (QED) is 0.618. The van der Waals surface area contributed by atoms with Gasteiger partial charge in [-0.05, 0) is 30.7 Å². The van der Waals surface area contributed by atoms with Crippen molar-refractivity contribution in [3.63, 3.8) is 0 Å². The predicted molar refractivity (Wildman–Crippen MR) is 76.2 cm³/mol. The van der Waals surface area contributed by atoms with Gasteiger partial charge in [0.05, 0.1) is 4.92 Å². The number of nitrogens with zero attached hydrogens (tertiary/aromatic N) is 1. The van der Waals surface area contributed by atoms with Crippen molar-refractivity contribution in [1.82, 2.24) is 0 Å². The van der Waals surface area contributed by atoms with Crippen molar-refractivity contribution in [2.45, 2.75) is 38.5 Å². The van der Waals surface area contributed by atoms with Crippen LogP contribution in [0.3, 0.4) is 0 Å². The average Bonchev–Trinajstić information content (AvgIpc) is 3.07. The fourth-order valence-corrected chi connectivity index (χ4v) is 3.48. The molecule has 0 amide bonds. The summed E-state index contributed by atoms with van der Waals surface area (Å²) < 4.78 is 0. The number of nitro benzene ring substituents is 1. The Bertz CT molecular complexity index is 597. The first kappa shape index (κ1) is 13.0. The van der Waals surface area contributed by atoms with Gasteiger partial charge in [0.1, 0.15) is 0 Å². The molecule has 1 aromatic rings. The number of hydrogen-bond acceptors (Lipinski definition) is 3. The molecule has 0 N–H and O–H groups in total. The summed E-state index contributed by atoms with van der Waals surface area (Å²) >= 11 is 0. The van der Waals surface area contributed by atoms with Crippen LogP contribution in [-0.4, -0.2) is 10.7 Å². The van der Waals surface area contributed by atoms with Gasteiger partial charge in [-0.3, -0.25) is 14.9 Å². The van der Waals surface area contributed by atoms with Gasteiger partial charge in [-0.2, -0.15) is 0 Å². The van der Waals surface area contributed by atoms with Crippen LogP contribution in [-0.2, 0) is 4.79 Å². The Labute approximate surface area is 117 Å². The predicted octanol–water partition coefficient (Wildman–Crippen LogP) is 3.90. The van der Waals surface area contributed by atoms with Gasteiger partial charge in [-0.25, -0.2) is 0 Å². The molecule has 0 aliphatic heterocycles. The lowest BCUT2D eigenvalue weighted by Gasteiger charge is -2.13. The molecule has 0 unspecified atom stereocenters. The maximum absolute atomic E-state index is 12.2. The lowest BCUT2D eigenvalue weighted by Crippen LogP contribution is -2.01. The van der Waals surface area contributed by atoms with Crippen LogP contribution in [0.4, 0.5) is 5.69 Å². The van der Waals surface area contributed by atoms with Crippen molar-refractivity contribution in [1.29, 1.82) is 0 Å². The highest BCUT2D eigenvalue weighted by Crippen LogP contribution is 2.42. The highest BCUT2D eigenvalue weighted by Gasteiger charge is 2.31. The fraction of sp³-hybridized carbons (Fsp3) is 0.438. The van der Waals surface area contributed by atoms with Gasteiger partial charge in [-0.1, -0.05) is 30.5 Å². The molecule has 4 nitrogen and oxygen atoms in total. The number of hydrogen-bond donors (Lipinski definition) is 0. The first-order chi connectivity index (χ1) is 9.66. The van der Waals surface area contributed by atoms with E-state index in [4.69, 9.17) is 0 Å². The van der Waals surface area contributed by atoms with Crippen molar-refractivity contribution in [2.75, 3.05) is 0 Å². The molecule has 1 aromatic carbocycles. The van der Waals surface area contributed by atoms with Crippen LogP contribution >= 0.6 is 0 Å². The Morgan fingerprint density at radius 3 is 2.60 bits per heavy atom. The summed E-state index contributed by atoms with van der Waals surface area (Å²) in [5, 5.41) is 10.9. The molecule has 0 spiro atoms. The Morgan fingerprint density at radius 2 is 1.90 bits per heavy atom. The number of allylic oxidation sites excluding steroid dienone is 2. The summed E-state index contributed by atoms with van der Waals surface area (Å²) in [4.78, 5) is 22.7.